The first-order chi connectivity index (χ1) is 10.0. The minimum atomic E-state index is 0.0783. The van der Waals surface area contributed by atoms with Crippen LogP contribution < -0.4 is 0 Å². The molecule has 1 fully saturated rings. The monoisotopic (exact) mass is 285 g/mol. The predicted octanol–water partition coefficient (Wildman–Crippen LogP) is 2.68. The molecule has 0 aromatic heterocycles. The number of rotatable bonds is 2. The fourth-order valence-electron chi connectivity index (χ4n) is 2.41. The van der Waals surface area contributed by atoms with Gasteiger partial charge in [-0.15, -0.1) is 0 Å². The molecule has 1 heterocycles. The maximum Gasteiger partial charge on any atom is 0.253 e. The number of aliphatic hydroxyl groups excluding tert-OH is 1. The average Bonchev–Trinajstić information content (AvgIpc) is 2.48. The largest absolute Gasteiger partial charge is 0.395 e. The van der Waals surface area contributed by atoms with Gasteiger partial charge in [0.1, 0.15) is 0 Å². The van der Waals surface area contributed by atoms with Gasteiger partial charge in [0, 0.05) is 30.6 Å². The van der Waals surface area contributed by atoms with Gasteiger partial charge in [-0.25, -0.2) is 0 Å². The smallest absolute Gasteiger partial charge is 0.253 e. The van der Waals surface area contributed by atoms with Gasteiger partial charge < -0.3 is 10.0 Å². The van der Waals surface area contributed by atoms with Crippen molar-refractivity contribution in [3.05, 3.63) is 35.4 Å². The summed E-state index contributed by atoms with van der Waals surface area (Å²) in [6.45, 7) is 6.27. The van der Waals surface area contributed by atoms with Crippen molar-refractivity contribution in [3.63, 3.8) is 0 Å². The van der Waals surface area contributed by atoms with Gasteiger partial charge in [0.05, 0.1) is 6.61 Å². The number of carbonyl (C=O) groups is 1. The van der Waals surface area contributed by atoms with Gasteiger partial charge in [0.2, 0.25) is 0 Å². The van der Waals surface area contributed by atoms with E-state index in [-0.39, 0.29) is 12.5 Å². The van der Waals surface area contributed by atoms with E-state index in [0.717, 1.165) is 37.1 Å². The number of carbonyl (C=O) groups excluding carboxylic acids is 1. The molecule has 0 bridgehead atoms. The second-order valence-electron chi connectivity index (χ2n) is 6.31. The summed E-state index contributed by atoms with van der Waals surface area (Å²) >= 11 is 0. The van der Waals surface area contributed by atoms with Crippen LogP contribution in [0.1, 0.15) is 49.0 Å². The topological polar surface area (TPSA) is 40.5 Å². The first kappa shape index (κ1) is 15.6. The Hall–Kier alpha value is -1.79. The Labute approximate surface area is 127 Å². The summed E-state index contributed by atoms with van der Waals surface area (Å²) in [6.07, 6.45) is 2.59. The van der Waals surface area contributed by atoms with Crippen LogP contribution in [0.3, 0.4) is 0 Å². The molecule has 1 aliphatic rings. The Bertz CT molecular complexity index is 539. The van der Waals surface area contributed by atoms with E-state index >= 15 is 0 Å². The second kappa shape index (κ2) is 6.78. The molecule has 3 heteroatoms. The Balaban J connectivity index is 1.99. The first-order valence-corrected chi connectivity index (χ1v) is 7.51. The van der Waals surface area contributed by atoms with Crippen LogP contribution in [-0.4, -0.2) is 35.6 Å². The quantitative estimate of drug-likeness (QED) is 0.849. The summed E-state index contributed by atoms with van der Waals surface area (Å²) in [4.78, 5) is 14.4. The Morgan fingerprint density at radius 2 is 1.86 bits per heavy atom. The zero-order chi connectivity index (χ0) is 15.3. The van der Waals surface area contributed by atoms with E-state index in [4.69, 9.17) is 5.11 Å². The van der Waals surface area contributed by atoms with Crippen LogP contribution in [0.5, 0.6) is 0 Å². The van der Waals surface area contributed by atoms with Crippen LogP contribution in [0.2, 0.25) is 0 Å². The molecule has 1 N–H and O–H groups in total. The number of benzene rings is 1. The van der Waals surface area contributed by atoms with Crippen LogP contribution >= 0.6 is 0 Å². The van der Waals surface area contributed by atoms with E-state index in [9.17, 15) is 4.79 Å². The molecule has 0 unspecified atom stereocenters. The van der Waals surface area contributed by atoms with Gasteiger partial charge in [0.15, 0.2) is 0 Å². The molecule has 0 atom stereocenters. The van der Waals surface area contributed by atoms with Gasteiger partial charge >= 0.3 is 0 Å². The molecule has 0 spiro atoms. The van der Waals surface area contributed by atoms with Crippen molar-refractivity contribution >= 4 is 5.91 Å². The molecule has 21 heavy (non-hydrogen) atoms. The highest BCUT2D eigenvalue weighted by Crippen LogP contribution is 2.30. The van der Waals surface area contributed by atoms with E-state index in [1.807, 2.05) is 29.2 Å². The third kappa shape index (κ3) is 4.34. The van der Waals surface area contributed by atoms with Gasteiger partial charge in [-0.2, -0.15) is 0 Å². The molecule has 0 saturated carbocycles. The molecule has 3 nitrogen and oxygen atoms in total. The fourth-order valence-corrected chi connectivity index (χ4v) is 2.41. The molecule has 1 saturated heterocycles. The van der Waals surface area contributed by atoms with Crippen LogP contribution in [-0.2, 0) is 0 Å². The summed E-state index contributed by atoms with van der Waals surface area (Å²) in [7, 11) is 0. The van der Waals surface area contributed by atoms with Crippen LogP contribution in [0.4, 0.5) is 0 Å². The summed E-state index contributed by atoms with van der Waals surface area (Å²) in [5, 5.41) is 8.69. The summed E-state index contributed by atoms with van der Waals surface area (Å²) in [6, 6.07) is 7.41. The van der Waals surface area contributed by atoms with Crippen LogP contribution in [0.25, 0.3) is 0 Å². The highest BCUT2D eigenvalue weighted by molar-refractivity contribution is 5.94. The average molecular weight is 285 g/mol. The SMILES string of the molecule is CC1(C)CCN(C(=O)c2ccc(C#CCCO)cc2)CC1. The number of hydrogen-bond acceptors (Lipinski definition) is 2. The summed E-state index contributed by atoms with van der Waals surface area (Å²) in [5.74, 6) is 5.96. The lowest BCUT2D eigenvalue weighted by Crippen LogP contribution is -2.41. The van der Waals surface area contributed by atoms with E-state index < -0.39 is 0 Å². The van der Waals surface area contributed by atoms with Gasteiger partial charge in [0.25, 0.3) is 5.91 Å². The van der Waals surface area contributed by atoms with E-state index in [2.05, 4.69) is 25.7 Å². The van der Waals surface area contributed by atoms with Crippen molar-refractivity contribution in [2.45, 2.75) is 33.1 Å². The second-order valence-corrected chi connectivity index (χ2v) is 6.31. The lowest BCUT2D eigenvalue weighted by molar-refractivity contribution is 0.0630. The summed E-state index contributed by atoms with van der Waals surface area (Å²) in [5.41, 5.74) is 1.95. The first-order valence-electron chi connectivity index (χ1n) is 7.51. The minimum absolute atomic E-state index is 0.0783. The molecule has 1 aromatic carbocycles. The molecular weight excluding hydrogens is 262 g/mol. The lowest BCUT2D eigenvalue weighted by Gasteiger charge is -2.36. The molecular formula is C18H23NO2. The molecule has 1 aliphatic heterocycles. The van der Waals surface area contributed by atoms with Crippen molar-refractivity contribution < 1.29 is 9.90 Å². The van der Waals surface area contributed by atoms with Gasteiger partial charge in [-0.3, -0.25) is 4.79 Å². The number of piperidine rings is 1. The third-order valence-electron chi connectivity index (χ3n) is 4.01. The Morgan fingerprint density at radius 1 is 1.24 bits per heavy atom. The highest BCUT2D eigenvalue weighted by Gasteiger charge is 2.28. The van der Waals surface area contributed by atoms with Crippen LogP contribution in [0, 0.1) is 17.3 Å². The lowest BCUT2D eigenvalue weighted by atomic mass is 9.82. The van der Waals surface area contributed by atoms with Crippen molar-refractivity contribution in [1.82, 2.24) is 4.90 Å². The number of hydrogen-bond donors (Lipinski definition) is 1. The molecule has 1 amide bonds. The number of aliphatic hydroxyl groups is 1. The normalized spacial score (nSPS) is 17.0. The van der Waals surface area contributed by atoms with Crippen molar-refractivity contribution in [3.8, 4) is 11.8 Å². The minimum Gasteiger partial charge on any atom is -0.395 e. The van der Waals surface area contributed by atoms with Gasteiger partial charge in [-0.1, -0.05) is 25.7 Å². The van der Waals surface area contributed by atoms with E-state index in [1.54, 1.807) is 0 Å². The van der Waals surface area contributed by atoms with Gasteiger partial charge in [-0.05, 0) is 42.5 Å². The van der Waals surface area contributed by atoms with E-state index in [1.165, 1.54) is 0 Å². The molecule has 112 valence electrons. The third-order valence-corrected chi connectivity index (χ3v) is 4.01. The Kier molecular flexibility index (Phi) is 5.03. The standard InChI is InChI=1S/C18H23NO2/c1-18(2)10-12-19(13-11-18)17(21)16-8-6-15(7-9-16)5-3-4-14-20/h6-9,20H,4,10-14H2,1-2H3. The fraction of sp³-hybridized carbons (Fsp3) is 0.500. The maximum absolute atomic E-state index is 12.4. The maximum atomic E-state index is 12.4. The van der Waals surface area contributed by atoms with Crippen LogP contribution in [0.15, 0.2) is 24.3 Å². The Morgan fingerprint density at radius 3 is 2.43 bits per heavy atom. The zero-order valence-electron chi connectivity index (χ0n) is 12.9. The number of likely N-dealkylation sites (tertiary alicyclic amines) is 1. The molecule has 0 aliphatic carbocycles. The molecule has 2 rings (SSSR count). The summed E-state index contributed by atoms with van der Waals surface area (Å²) < 4.78 is 0. The van der Waals surface area contributed by atoms with Crippen molar-refractivity contribution in [1.29, 1.82) is 0 Å². The predicted molar refractivity (Wildman–Crippen MR) is 83.9 cm³/mol. The molecule has 0 radical (unpaired) electrons. The zero-order valence-corrected chi connectivity index (χ0v) is 12.9. The molecule has 1 aromatic rings. The number of nitrogens with zero attached hydrogens (tertiary/aromatic N) is 1. The number of amides is 1. The highest BCUT2D eigenvalue weighted by atomic mass is 16.2. The van der Waals surface area contributed by atoms with Crippen molar-refractivity contribution in [2.24, 2.45) is 5.41 Å². The van der Waals surface area contributed by atoms with Crippen molar-refractivity contribution in [2.75, 3.05) is 19.7 Å². The van der Waals surface area contributed by atoms with E-state index in [0.29, 0.717) is 11.8 Å².